The molecular weight excluding hydrogens is 725 g/mol. The number of fused-ring (bicyclic) bond motifs is 4. The predicted octanol–water partition coefficient (Wildman–Crippen LogP) is 16.3. The first kappa shape index (κ1) is 35.4. The predicted molar refractivity (Wildman–Crippen MR) is 252 cm³/mol. The zero-order valence-electron chi connectivity index (χ0n) is 33.0. The Morgan fingerprint density at radius 1 is 0.267 bits per heavy atom. The molecule has 10 aromatic carbocycles. The molecule has 11 rings (SSSR count). The third-order valence-corrected chi connectivity index (χ3v) is 12.1. The average molecular weight is 765 g/mol. The van der Waals surface area contributed by atoms with E-state index in [0.29, 0.717) is 0 Å². The van der Waals surface area contributed by atoms with Crippen LogP contribution in [0.5, 0.6) is 0 Å². The highest BCUT2D eigenvalue weighted by Crippen LogP contribution is 2.42. The number of rotatable bonds is 8. The van der Waals surface area contributed by atoms with Crippen LogP contribution in [0.15, 0.2) is 241 Å². The Hall–Kier alpha value is -7.74. The lowest BCUT2D eigenvalue weighted by atomic mass is 9.80. The van der Waals surface area contributed by atoms with Crippen molar-refractivity contribution >= 4 is 32.7 Å². The van der Waals surface area contributed by atoms with Gasteiger partial charge in [-0.25, -0.2) is 0 Å². The Morgan fingerprint density at radius 3 is 1.50 bits per heavy atom. The van der Waals surface area contributed by atoms with Crippen molar-refractivity contribution in [2.45, 2.75) is 5.92 Å². The maximum atomic E-state index is 6.40. The highest BCUT2D eigenvalue weighted by atomic mass is 16.3. The lowest BCUT2D eigenvalue weighted by molar-refractivity contribution is 0.670. The molecule has 1 heteroatoms. The molecule has 0 saturated heterocycles. The Bertz CT molecular complexity index is 3280. The summed E-state index contributed by atoms with van der Waals surface area (Å²) in [7, 11) is 0. The SMILES string of the molecule is c1ccc(-c2cccc(-c3ccc(C(c4cccc(-c5ccc(-c6cccc7c6oc6ccccc67)cc5)c4)c4ccc(-c5ccccc5)c5ccccc45)cc3)c2)cc1. The summed E-state index contributed by atoms with van der Waals surface area (Å²) in [5.41, 5.74) is 17.5. The van der Waals surface area contributed by atoms with E-state index < -0.39 is 0 Å². The van der Waals surface area contributed by atoms with Gasteiger partial charge in [-0.2, -0.15) is 0 Å². The summed E-state index contributed by atoms with van der Waals surface area (Å²) in [6, 6.07) is 85.8. The van der Waals surface area contributed by atoms with Crippen LogP contribution in [-0.2, 0) is 0 Å². The fourth-order valence-corrected chi connectivity index (χ4v) is 9.09. The first-order chi connectivity index (χ1) is 29.7. The molecule has 11 aromatic rings. The monoisotopic (exact) mass is 764 g/mol. The molecule has 1 heterocycles. The third kappa shape index (κ3) is 6.47. The van der Waals surface area contributed by atoms with E-state index in [1.54, 1.807) is 0 Å². The van der Waals surface area contributed by atoms with Gasteiger partial charge in [-0.3, -0.25) is 0 Å². The quantitative estimate of drug-likeness (QED) is 0.140. The van der Waals surface area contributed by atoms with Crippen molar-refractivity contribution in [3.05, 3.63) is 253 Å². The molecule has 0 aliphatic heterocycles. The minimum Gasteiger partial charge on any atom is -0.455 e. The maximum Gasteiger partial charge on any atom is 0.143 e. The molecule has 0 saturated carbocycles. The Labute approximate surface area is 350 Å². The van der Waals surface area contributed by atoms with E-state index in [1.165, 1.54) is 72.0 Å². The van der Waals surface area contributed by atoms with Crippen molar-refractivity contribution in [1.29, 1.82) is 0 Å². The van der Waals surface area contributed by atoms with Gasteiger partial charge in [0.25, 0.3) is 0 Å². The van der Waals surface area contributed by atoms with E-state index in [1.807, 2.05) is 12.1 Å². The molecule has 0 fully saturated rings. The van der Waals surface area contributed by atoms with E-state index in [-0.39, 0.29) is 5.92 Å². The zero-order valence-corrected chi connectivity index (χ0v) is 33.0. The Kier molecular flexibility index (Phi) is 8.98. The summed E-state index contributed by atoms with van der Waals surface area (Å²) in [6.45, 7) is 0. The van der Waals surface area contributed by atoms with E-state index in [4.69, 9.17) is 4.42 Å². The standard InChI is InChI=1S/C59H40O/c1-3-14-40(15-4-1)46-18-11-19-47(38-46)42-30-34-45(35-31-42)58(55-37-36-50(43-16-5-2-6-17-43)52-22-7-8-23-53(52)55)49-21-12-20-48(39-49)41-28-32-44(33-29-41)51-25-13-26-56-54-24-9-10-27-57(54)60-59(51)56/h1-39,58H. The summed E-state index contributed by atoms with van der Waals surface area (Å²) in [6.07, 6.45) is 0. The molecule has 1 atom stereocenters. The Morgan fingerprint density at radius 2 is 0.767 bits per heavy atom. The van der Waals surface area contributed by atoms with Crippen molar-refractivity contribution < 1.29 is 4.42 Å². The zero-order chi connectivity index (χ0) is 39.8. The molecule has 1 unspecified atom stereocenters. The van der Waals surface area contributed by atoms with Crippen LogP contribution >= 0.6 is 0 Å². The smallest absolute Gasteiger partial charge is 0.143 e. The maximum absolute atomic E-state index is 6.40. The summed E-state index contributed by atoms with van der Waals surface area (Å²) in [5, 5.41) is 4.81. The molecule has 282 valence electrons. The van der Waals surface area contributed by atoms with Gasteiger partial charge >= 0.3 is 0 Å². The number of hydrogen-bond donors (Lipinski definition) is 0. The second-order valence-corrected chi connectivity index (χ2v) is 15.6. The minimum atomic E-state index is -0.00524. The summed E-state index contributed by atoms with van der Waals surface area (Å²) < 4.78 is 6.40. The number of para-hydroxylation sites is 2. The number of hydrogen-bond acceptors (Lipinski definition) is 1. The summed E-state index contributed by atoms with van der Waals surface area (Å²) >= 11 is 0. The van der Waals surface area contributed by atoms with Gasteiger partial charge in [0.1, 0.15) is 11.2 Å². The molecule has 0 aliphatic carbocycles. The molecule has 1 nitrogen and oxygen atoms in total. The van der Waals surface area contributed by atoms with Crippen LogP contribution in [-0.4, -0.2) is 0 Å². The number of furan rings is 1. The van der Waals surface area contributed by atoms with Gasteiger partial charge in [-0.05, 0) is 89.7 Å². The summed E-state index contributed by atoms with van der Waals surface area (Å²) in [5.74, 6) is -0.00524. The van der Waals surface area contributed by atoms with E-state index in [2.05, 4.69) is 224 Å². The van der Waals surface area contributed by atoms with Gasteiger partial charge in [-0.1, -0.05) is 224 Å². The normalized spacial score (nSPS) is 11.9. The first-order valence-corrected chi connectivity index (χ1v) is 20.7. The van der Waals surface area contributed by atoms with E-state index in [9.17, 15) is 0 Å². The lowest BCUT2D eigenvalue weighted by Crippen LogP contribution is -2.05. The molecule has 0 N–H and O–H groups in total. The Balaban J connectivity index is 1.00. The molecule has 0 amide bonds. The van der Waals surface area contributed by atoms with Crippen LogP contribution in [0.2, 0.25) is 0 Å². The van der Waals surface area contributed by atoms with Gasteiger partial charge in [0, 0.05) is 22.3 Å². The van der Waals surface area contributed by atoms with Crippen molar-refractivity contribution in [2.75, 3.05) is 0 Å². The third-order valence-electron chi connectivity index (χ3n) is 12.1. The minimum absolute atomic E-state index is 0.00524. The van der Waals surface area contributed by atoms with Crippen molar-refractivity contribution in [2.24, 2.45) is 0 Å². The molecule has 0 spiro atoms. The summed E-state index contributed by atoms with van der Waals surface area (Å²) in [4.78, 5) is 0. The average Bonchev–Trinajstić information content (AvgIpc) is 3.72. The highest BCUT2D eigenvalue weighted by Gasteiger charge is 2.22. The largest absolute Gasteiger partial charge is 0.455 e. The number of benzene rings is 10. The van der Waals surface area contributed by atoms with Crippen molar-refractivity contribution in [3.63, 3.8) is 0 Å². The second-order valence-electron chi connectivity index (χ2n) is 15.6. The van der Waals surface area contributed by atoms with Gasteiger partial charge in [-0.15, -0.1) is 0 Å². The molecule has 60 heavy (non-hydrogen) atoms. The van der Waals surface area contributed by atoms with Gasteiger partial charge < -0.3 is 4.42 Å². The van der Waals surface area contributed by atoms with Gasteiger partial charge in [0.15, 0.2) is 0 Å². The van der Waals surface area contributed by atoms with Gasteiger partial charge in [0.05, 0.1) is 0 Å². The highest BCUT2D eigenvalue weighted by molar-refractivity contribution is 6.09. The van der Waals surface area contributed by atoms with Crippen molar-refractivity contribution in [3.8, 4) is 55.6 Å². The van der Waals surface area contributed by atoms with Crippen LogP contribution in [0.1, 0.15) is 22.6 Å². The van der Waals surface area contributed by atoms with E-state index in [0.717, 1.165) is 33.1 Å². The van der Waals surface area contributed by atoms with Crippen LogP contribution in [0.4, 0.5) is 0 Å². The molecular formula is C59H40O. The molecule has 0 radical (unpaired) electrons. The second kappa shape index (κ2) is 15.2. The lowest BCUT2D eigenvalue weighted by Gasteiger charge is -2.23. The molecule has 0 bridgehead atoms. The molecule has 0 aliphatic rings. The fourth-order valence-electron chi connectivity index (χ4n) is 9.09. The van der Waals surface area contributed by atoms with Crippen LogP contribution < -0.4 is 0 Å². The van der Waals surface area contributed by atoms with Gasteiger partial charge in [0.2, 0.25) is 0 Å². The van der Waals surface area contributed by atoms with Crippen LogP contribution in [0.25, 0.3) is 88.3 Å². The van der Waals surface area contributed by atoms with Crippen molar-refractivity contribution in [1.82, 2.24) is 0 Å². The first-order valence-electron chi connectivity index (χ1n) is 20.7. The van der Waals surface area contributed by atoms with E-state index >= 15 is 0 Å². The van der Waals surface area contributed by atoms with Crippen LogP contribution in [0, 0.1) is 0 Å². The topological polar surface area (TPSA) is 13.1 Å². The molecule has 1 aromatic heterocycles. The fraction of sp³-hybridized carbons (Fsp3) is 0.0169. The van der Waals surface area contributed by atoms with Crippen LogP contribution in [0.3, 0.4) is 0 Å².